The van der Waals surface area contributed by atoms with Crippen molar-refractivity contribution in [2.45, 2.75) is 6.85 Å². The minimum absolute atomic E-state index is 0. The van der Waals surface area contributed by atoms with Crippen LogP contribution in [0, 0.1) is 19.0 Å². The summed E-state index contributed by atoms with van der Waals surface area (Å²) in [4.78, 5) is 8.68. The van der Waals surface area contributed by atoms with Crippen LogP contribution in [0.2, 0.25) is 0 Å². The average molecular weight is 771 g/mol. The molecule has 0 bridgehead atoms. The van der Waals surface area contributed by atoms with Crippen molar-refractivity contribution < 1.29 is 28.6 Å². The topological polar surface area (TPSA) is 43.3 Å². The summed E-state index contributed by atoms with van der Waals surface area (Å²) in [6, 6.07) is 46.5. The van der Waals surface area contributed by atoms with E-state index in [1.54, 1.807) is 18.3 Å². The normalized spacial score (nSPS) is 12.7. The summed E-state index contributed by atoms with van der Waals surface area (Å²) in [7, 11) is 0. The van der Waals surface area contributed by atoms with Gasteiger partial charge in [-0.2, -0.15) is 0 Å². The third-order valence-electron chi connectivity index (χ3n) is 8.43. The maximum absolute atomic E-state index is 7.64. The predicted molar refractivity (Wildman–Crippen MR) is 184 cm³/mol. The first-order valence-electron chi connectivity index (χ1n) is 16.2. The second kappa shape index (κ2) is 11.2. The number of aromatic nitrogens is 3. The van der Waals surface area contributed by atoms with Crippen LogP contribution in [0.4, 0.5) is 0 Å². The largest absolute Gasteiger partial charge is 0.456 e. The van der Waals surface area contributed by atoms with Crippen LogP contribution in [0.15, 0.2) is 138 Å². The molecule has 0 aliphatic carbocycles. The van der Waals surface area contributed by atoms with E-state index in [4.69, 9.17) is 8.53 Å². The number of fused-ring (bicyclic) bond motifs is 10. The van der Waals surface area contributed by atoms with Crippen LogP contribution >= 0.6 is 0 Å². The third kappa shape index (κ3) is 4.39. The Morgan fingerprint density at radius 3 is 2.28 bits per heavy atom. The Balaban J connectivity index is 0.000000228. The standard InChI is InChI=1S/C30H17N2O.C11H8N.Ir/c1-17-10-12-23(31-16-17)18-11-13-25-22(14-18)29-28-20-7-3-5-9-26(20)33-27(28)15-21-19-6-2-4-8-24(19)32(25)30(21)29;1-2-6-10(7-3-1)11-8-4-5-9-12-11;/h2-10,12-16H,1H3;1-6,8-9H;/q2*-1;/i1D3;;. The van der Waals surface area contributed by atoms with Gasteiger partial charge in [-0.05, 0) is 53.6 Å². The van der Waals surface area contributed by atoms with Crippen molar-refractivity contribution in [3.8, 4) is 22.5 Å². The van der Waals surface area contributed by atoms with Gasteiger partial charge in [-0.1, -0.05) is 66.0 Å². The zero-order valence-electron chi connectivity index (χ0n) is 27.3. The van der Waals surface area contributed by atoms with Crippen LogP contribution in [-0.2, 0) is 20.1 Å². The molecule has 0 N–H and O–H groups in total. The Kier molecular flexibility index (Phi) is 6.08. The summed E-state index contributed by atoms with van der Waals surface area (Å²) in [6.07, 6.45) is 3.22. The van der Waals surface area contributed by atoms with E-state index < -0.39 is 6.85 Å². The number of aryl methyl sites for hydroxylation is 1. The fourth-order valence-corrected chi connectivity index (χ4v) is 6.49. The van der Waals surface area contributed by atoms with Crippen molar-refractivity contribution >= 4 is 60.0 Å². The zero-order chi connectivity index (χ0) is 32.4. The molecule has 0 aliphatic rings. The van der Waals surface area contributed by atoms with Gasteiger partial charge in [0.25, 0.3) is 0 Å². The molecule has 221 valence electrons. The van der Waals surface area contributed by atoms with Crippen LogP contribution < -0.4 is 0 Å². The average Bonchev–Trinajstić information content (AvgIpc) is 3.78. The van der Waals surface area contributed by atoms with Crippen molar-refractivity contribution in [2.75, 3.05) is 0 Å². The molecule has 4 nitrogen and oxygen atoms in total. The SMILES string of the molecule is [2H]C([2H])([2H])c1ccc(-c2[c-]cc3c(c2)c2c4c(cc5c6ccccc6n3c52)oc2ccccc24)nc1.[Ir].[c-]1ccccc1-c1ccccn1. The monoisotopic (exact) mass is 771 g/mol. The van der Waals surface area contributed by atoms with E-state index in [0.717, 1.165) is 66.0 Å². The molecule has 0 unspecified atom stereocenters. The molecule has 5 heterocycles. The molecule has 5 aromatic carbocycles. The first kappa shape index (κ1) is 24.9. The van der Waals surface area contributed by atoms with Crippen molar-refractivity contribution in [3.63, 3.8) is 0 Å². The Morgan fingerprint density at radius 2 is 1.48 bits per heavy atom. The second-order valence-electron chi connectivity index (χ2n) is 11.0. The number of rotatable bonds is 2. The van der Waals surface area contributed by atoms with Gasteiger partial charge in [0, 0.05) is 69.1 Å². The smallest absolute Gasteiger partial charge is 0.136 e. The van der Waals surface area contributed by atoms with Gasteiger partial charge >= 0.3 is 0 Å². The Morgan fingerprint density at radius 1 is 0.652 bits per heavy atom. The molecule has 10 aromatic rings. The van der Waals surface area contributed by atoms with Crippen LogP contribution in [0.3, 0.4) is 0 Å². The number of hydrogen-bond acceptors (Lipinski definition) is 3. The molecule has 10 rings (SSSR count). The van der Waals surface area contributed by atoms with Gasteiger partial charge in [0.15, 0.2) is 0 Å². The molecule has 0 spiro atoms. The van der Waals surface area contributed by atoms with Gasteiger partial charge in [-0.15, -0.1) is 59.7 Å². The minimum Gasteiger partial charge on any atom is -0.456 e. The molecule has 1 radical (unpaired) electrons. The number of pyridine rings is 2. The van der Waals surface area contributed by atoms with E-state index in [9.17, 15) is 0 Å². The van der Waals surface area contributed by atoms with E-state index in [0.29, 0.717) is 5.69 Å². The molecule has 5 heteroatoms. The summed E-state index contributed by atoms with van der Waals surface area (Å²) in [5.74, 6) is 0. The van der Waals surface area contributed by atoms with Gasteiger partial charge in [0.2, 0.25) is 0 Å². The van der Waals surface area contributed by atoms with E-state index in [1.807, 2.05) is 66.7 Å². The number of benzene rings is 5. The number of nitrogens with zero attached hydrogens (tertiary/aromatic N) is 3. The first-order valence-corrected chi connectivity index (χ1v) is 14.7. The first-order chi connectivity index (χ1) is 23.5. The molecule has 5 aromatic heterocycles. The van der Waals surface area contributed by atoms with Gasteiger partial charge in [-0.3, -0.25) is 0 Å². The van der Waals surface area contributed by atoms with Crippen LogP contribution in [0.25, 0.3) is 82.5 Å². The number of hydrogen-bond donors (Lipinski definition) is 0. The van der Waals surface area contributed by atoms with Crippen LogP contribution in [0.1, 0.15) is 9.68 Å². The Labute approximate surface area is 282 Å². The van der Waals surface area contributed by atoms with E-state index >= 15 is 0 Å². The quantitative estimate of drug-likeness (QED) is 0.165. The van der Waals surface area contributed by atoms with Gasteiger partial charge in [0.05, 0.1) is 5.52 Å². The van der Waals surface area contributed by atoms with Crippen molar-refractivity contribution in [1.82, 2.24) is 14.4 Å². The Hall–Kier alpha value is -5.35. The summed E-state index contributed by atoms with van der Waals surface area (Å²) in [5.41, 5.74) is 8.85. The van der Waals surface area contributed by atoms with Crippen molar-refractivity contribution in [3.05, 3.63) is 151 Å². The van der Waals surface area contributed by atoms with Gasteiger partial charge in [-0.25, -0.2) is 0 Å². The molecule has 0 aliphatic heterocycles. The van der Waals surface area contributed by atoms with Crippen LogP contribution in [0.5, 0.6) is 0 Å². The van der Waals surface area contributed by atoms with Crippen molar-refractivity contribution in [1.29, 1.82) is 0 Å². The Bertz CT molecular complexity index is 2720. The number of para-hydroxylation sites is 2. The van der Waals surface area contributed by atoms with E-state index in [1.165, 1.54) is 17.1 Å². The minimum atomic E-state index is -2.18. The van der Waals surface area contributed by atoms with E-state index in [-0.39, 0.29) is 25.7 Å². The summed E-state index contributed by atoms with van der Waals surface area (Å²) >= 11 is 0. The fraction of sp³-hybridized carbons (Fsp3) is 0.0244. The molecule has 0 atom stereocenters. The third-order valence-corrected chi connectivity index (χ3v) is 8.43. The maximum atomic E-state index is 7.64. The van der Waals surface area contributed by atoms with Crippen molar-refractivity contribution in [2.24, 2.45) is 0 Å². The second-order valence-corrected chi connectivity index (χ2v) is 11.0. The van der Waals surface area contributed by atoms with Crippen LogP contribution in [-0.4, -0.2) is 14.4 Å². The van der Waals surface area contributed by atoms with Gasteiger partial charge in [0.1, 0.15) is 11.2 Å². The zero-order valence-corrected chi connectivity index (χ0v) is 26.7. The predicted octanol–water partition coefficient (Wildman–Crippen LogP) is 10.5. The summed E-state index contributed by atoms with van der Waals surface area (Å²) in [5, 5.41) is 6.77. The van der Waals surface area contributed by atoms with E-state index in [2.05, 4.69) is 69.0 Å². The molecule has 0 amide bonds. The molecular formula is C41H25IrN3O-2. The molecule has 46 heavy (non-hydrogen) atoms. The number of furan rings is 1. The molecular weight excluding hydrogens is 743 g/mol. The van der Waals surface area contributed by atoms with Gasteiger partial charge < -0.3 is 18.8 Å². The molecule has 0 saturated carbocycles. The fourth-order valence-electron chi connectivity index (χ4n) is 6.49. The maximum Gasteiger partial charge on any atom is 0.136 e. The summed E-state index contributed by atoms with van der Waals surface area (Å²) < 4.78 is 31.6. The summed E-state index contributed by atoms with van der Waals surface area (Å²) in [6.45, 7) is -2.18. The molecule has 0 saturated heterocycles. The molecule has 0 fully saturated rings.